The molecule has 2 nitrogen and oxygen atoms in total. The minimum atomic E-state index is 0.422. The van der Waals surface area contributed by atoms with Gasteiger partial charge in [-0.1, -0.05) is 26.0 Å². The SMILES string of the molecule is CCN(CC1CCC(C)(C)C1NC)c1cccc(C)c1. The smallest absolute Gasteiger partial charge is 0.0368 e. The van der Waals surface area contributed by atoms with Gasteiger partial charge in [0.15, 0.2) is 0 Å². The molecule has 1 aliphatic carbocycles. The summed E-state index contributed by atoms with van der Waals surface area (Å²) < 4.78 is 0. The van der Waals surface area contributed by atoms with Gasteiger partial charge in [0.1, 0.15) is 0 Å². The molecule has 2 unspecified atom stereocenters. The van der Waals surface area contributed by atoms with Crippen LogP contribution in [0.15, 0.2) is 24.3 Å². The van der Waals surface area contributed by atoms with Gasteiger partial charge in [-0.25, -0.2) is 0 Å². The monoisotopic (exact) mass is 274 g/mol. The first-order chi connectivity index (χ1) is 9.47. The molecule has 2 rings (SSSR count). The van der Waals surface area contributed by atoms with Crippen LogP contribution >= 0.6 is 0 Å². The molecular formula is C18H30N2. The molecule has 1 aromatic carbocycles. The molecule has 1 aromatic rings. The lowest BCUT2D eigenvalue weighted by Gasteiger charge is -2.34. The quantitative estimate of drug-likeness (QED) is 0.877. The summed E-state index contributed by atoms with van der Waals surface area (Å²) in [6.07, 6.45) is 2.66. The molecule has 0 radical (unpaired) electrons. The van der Waals surface area contributed by atoms with Crippen molar-refractivity contribution in [3.8, 4) is 0 Å². The Morgan fingerprint density at radius 3 is 2.70 bits per heavy atom. The highest BCUT2D eigenvalue weighted by Gasteiger charge is 2.41. The third-order valence-electron chi connectivity index (χ3n) is 4.99. The van der Waals surface area contributed by atoms with E-state index in [2.05, 4.69) is 69.2 Å². The summed E-state index contributed by atoms with van der Waals surface area (Å²) in [5.41, 5.74) is 3.13. The van der Waals surface area contributed by atoms with E-state index in [1.165, 1.54) is 24.1 Å². The lowest BCUT2D eigenvalue weighted by atomic mass is 9.85. The number of nitrogens with one attached hydrogen (secondary N) is 1. The maximum absolute atomic E-state index is 3.57. The third kappa shape index (κ3) is 3.17. The number of nitrogens with zero attached hydrogens (tertiary/aromatic N) is 1. The van der Waals surface area contributed by atoms with Gasteiger partial charge in [-0.05, 0) is 62.8 Å². The van der Waals surface area contributed by atoms with E-state index in [-0.39, 0.29) is 0 Å². The van der Waals surface area contributed by atoms with Gasteiger partial charge in [0.05, 0.1) is 0 Å². The minimum Gasteiger partial charge on any atom is -0.371 e. The molecule has 0 heterocycles. The molecule has 2 atom stereocenters. The zero-order valence-corrected chi connectivity index (χ0v) is 13.7. The molecule has 112 valence electrons. The highest BCUT2D eigenvalue weighted by Crippen LogP contribution is 2.41. The fraction of sp³-hybridized carbons (Fsp3) is 0.667. The van der Waals surface area contributed by atoms with E-state index in [0.29, 0.717) is 11.5 Å². The Labute approximate surface area is 124 Å². The Morgan fingerprint density at radius 2 is 2.10 bits per heavy atom. The molecule has 1 saturated carbocycles. The van der Waals surface area contributed by atoms with E-state index < -0.39 is 0 Å². The van der Waals surface area contributed by atoms with Crippen molar-refractivity contribution in [2.24, 2.45) is 11.3 Å². The van der Waals surface area contributed by atoms with E-state index in [0.717, 1.165) is 19.0 Å². The van der Waals surface area contributed by atoms with Crippen LogP contribution in [-0.4, -0.2) is 26.2 Å². The Bertz CT molecular complexity index is 439. The zero-order valence-electron chi connectivity index (χ0n) is 13.7. The van der Waals surface area contributed by atoms with Gasteiger partial charge in [-0.3, -0.25) is 0 Å². The highest BCUT2D eigenvalue weighted by atomic mass is 15.1. The minimum absolute atomic E-state index is 0.422. The summed E-state index contributed by atoms with van der Waals surface area (Å²) in [7, 11) is 2.12. The number of rotatable bonds is 5. The molecule has 1 aliphatic rings. The number of hydrogen-bond acceptors (Lipinski definition) is 2. The molecule has 0 aliphatic heterocycles. The predicted octanol–water partition coefficient (Wildman–Crippen LogP) is 3.85. The van der Waals surface area contributed by atoms with Gasteiger partial charge < -0.3 is 10.2 Å². The van der Waals surface area contributed by atoms with Gasteiger partial charge in [0, 0.05) is 24.8 Å². The average Bonchev–Trinajstić information content (AvgIpc) is 2.70. The third-order valence-corrected chi connectivity index (χ3v) is 4.99. The summed E-state index contributed by atoms with van der Waals surface area (Å²) in [6.45, 7) is 11.5. The maximum Gasteiger partial charge on any atom is 0.0368 e. The molecule has 20 heavy (non-hydrogen) atoms. The second kappa shape index (κ2) is 6.17. The molecule has 2 heteroatoms. The summed E-state index contributed by atoms with van der Waals surface area (Å²) in [5, 5.41) is 3.57. The van der Waals surface area contributed by atoms with Crippen LogP contribution in [-0.2, 0) is 0 Å². The van der Waals surface area contributed by atoms with Crippen molar-refractivity contribution in [2.45, 2.75) is 46.6 Å². The van der Waals surface area contributed by atoms with Crippen molar-refractivity contribution in [2.75, 3.05) is 25.0 Å². The number of aryl methyl sites for hydroxylation is 1. The van der Waals surface area contributed by atoms with Gasteiger partial charge in [0.2, 0.25) is 0 Å². The topological polar surface area (TPSA) is 15.3 Å². The molecule has 1 N–H and O–H groups in total. The highest BCUT2D eigenvalue weighted by molar-refractivity contribution is 5.48. The van der Waals surface area contributed by atoms with Crippen molar-refractivity contribution in [1.82, 2.24) is 5.32 Å². The Kier molecular flexibility index (Phi) is 4.74. The van der Waals surface area contributed by atoms with Crippen LogP contribution in [0.5, 0.6) is 0 Å². The van der Waals surface area contributed by atoms with Gasteiger partial charge in [-0.2, -0.15) is 0 Å². The van der Waals surface area contributed by atoms with E-state index in [1.54, 1.807) is 0 Å². The largest absolute Gasteiger partial charge is 0.371 e. The summed E-state index contributed by atoms with van der Waals surface area (Å²) >= 11 is 0. The number of hydrogen-bond donors (Lipinski definition) is 1. The van der Waals surface area contributed by atoms with Crippen LogP contribution in [0.25, 0.3) is 0 Å². The molecule has 0 spiro atoms. The van der Waals surface area contributed by atoms with Crippen molar-refractivity contribution in [3.05, 3.63) is 29.8 Å². The van der Waals surface area contributed by atoms with E-state index in [9.17, 15) is 0 Å². The van der Waals surface area contributed by atoms with Gasteiger partial charge in [-0.15, -0.1) is 0 Å². The predicted molar refractivity (Wildman–Crippen MR) is 88.4 cm³/mol. The first-order valence-electron chi connectivity index (χ1n) is 7.97. The second-order valence-electron chi connectivity index (χ2n) is 6.93. The Morgan fingerprint density at radius 1 is 1.35 bits per heavy atom. The molecular weight excluding hydrogens is 244 g/mol. The van der Waals surface area contributed by atoms with Gasteiger partial charge >= 0.3 is 0 Å². The van der Waals surface area contributed by atoms with Crippen molar-refractivity contribution < 1.29 is 0 Å². The van der Waals surface area contributed by atoms with E-state index in [4.69, 9.17) is 0 Å². The molecule has 0 saturated heterocycles. The van der Waals surface area contributed by atoms with Crippen molar-refractivity contribution >= 4 is 5.69 Å². The van der Waals surface area contributed by atoms with Crippen molar-refractivity contribution in [3.63, 3.8) is 0 Å². The Balaban J connectivity index is 2.11. The van der Waals surface area contributed by atoms with E-state index in [1.807, 2.05) is 0 Å². The van der Waals surface area contributed by atoms with Gasteiger partial charge in [0.25, 0.3) is 0 Å². The van der Waals surface area contributed by atoms with E-state index >= 15 is 0 Å². The fourth-order valence-corrected chi connectivity index (χ4v) is 3.87. The van der Waals surface area contributed by atoms with Crippen LogP contribution in [0.4, 0.5) is 5.69 Å². The second-order valence-corrected chi connectivity index (χ2v) is 6.93. The first-order valence-corrected chi connectivity index (χ1v) is 7.97. The molecule has 0 amide bonds. The number of anilines is 1. The fourth-order valence-electron chi connectivity index (χ4n) is 3.87. The lowest BCUT2D eigenvalue weighted by molar-refractivity contribution is 0.262. The average molecular weight is 274 g/mol. The van der Waals surface area contributed by atoms with Crippen LogP contribution in [0.1, 0.15) is 39.2 Å². The summed E-state index contributed by atoms with van der Waals surface area (Å²) in [4.78, 5) is 2.53. The van der Waals surface area contributed by atoms with Crippen LogP contribution in [0.2, 0.25) is 0 Å². The maximum atomic E-state index is 3.57. The molecule has 0 aromatic heterocycles. The van der Waals surface area contributed by atoms with Crippen LogP contribution < -0.4 is 10.2 Å². The zero-order chi connectivity index (χ0) is 14.8. The number of benzene rings is 1. The van der Waals surface area contributed by atoms with Crippen LogP contribution in [0.3, 0.4) is 0 Å². The molecule has 1 fully saturated rings. The normalized spacial score (nSPS) is 24.9. The standard InChI is InChI=1S/C18H30N2/c1-6-20(16-9-7-8-14(2)12-16)13-15-10-11-18(3,4)17(15)19-5/h7-9,12,15,17,19H,6,10-11,13H2,1-5H3. The molecule has 0 bridgehead atoms. The summed E-state index contributed by atoms with van der Waals surface area (Å²) in [5.74, 6) is 0.746. The summed E-state index contributed by atoms with van der Waals surface area (Å²) in [6, 6.07) is 9.51. The van der Waals surface area contributed by atoms with Crippen molar-refractivity contribution in [1.29, 1.82) is 0 Å². The Hall–Kier alpha value is -1.02. The van der Waals surface area contributed by atoms with Crippen LogP contribution in [0, 0.1) is 18.3 Å². The first kappa shape index (κ1) is 15.4. The lowest BCUT2D eigenvalue weighted by Crippen LogP contribution is -2.44.